The summed E-state index contributed by atoms with van der Waals surface area (Å²) in [5.41, 5.74) is 0. The average Bonchev–Trinajstić information content (AvgIpc) is 2.39. The quantitative estimate of drug-likeness (QED) is 0.511. The molecule has 0 radical (unpaired) electrons. The molecule has 0 spiro atoms. The zero-order chi connectivity index (χ0) is 13.4. The summed E-state index contributed by atoms with van der Waals surface area (Å²) in [6.07, 6.45) is 2.78. The molecule has 1 aliphatic rings. The Balaban J connectivity index is 2.56. The van der Waals surface area contributed by atoms with Crippen LogP contribution in [-0.4, -0.2) is 56.6 Å². The van der Waals surface area contributed by atoms with E-state index in [0.717, 1.165) is 25.8 Å². The second-order valence-electron chi connectivity index (χ2n) is 4.37. The lowest BCUT2D eigenvalue weighted by Gasteiger charge is -2.35. The van der Waals surface area contributed by atoms with Crippen LogP contribution >= 0.6 is 0 Å². The topological polar surface area (TPSA) is 48.0 Å². The first-order valence-electron chi connectivity index (χ1n) is 6.78. The van der Waals surface area contributed by atoms with Crippen LogP contribution in [0.3, 0.4) is 0 Å². The van der Waals surface area contributed by atoms with E-state index in [1.165, 1.54) is 7.11 Å². The van der Waals surface area contributed by atoms with Crippen molar-refractivity contribution in [1.29, 1.82) is 0 Å². The number of nitrogens with zero attached hydrogens (tertiary/aromatic N) is 1. The summed E-state index contributed by atoms with van der Waals surface area (Å²) >= 11 is 0. The number of likely N-dealkylation sites (tertiary alicyclic amines) is 1. The molecule has 0 unspecified atom stereocenters. The van der Waals surface area contributed by atoms with Crippen LogP contribution in [0.1, 0.15) is 33.1 Å². The van der Waals surface area contributed by atoms with Gasteiger partial charge in [-0.2, -0.15) is 0 Å². The first-order valence-corrected chi connectivity index (χ1v) is 6.78. The Bertz CT molecular complexity index is 241. The molecule has 0 aromatic rings. The van der Waals surface area contributed by atoms with Crippen molar-refractivity contribution in [3.63, 3.8) is 0 Å². The number of hydrogen-bond acceptors (Lipinski definition) is 5. The lowest BCUT2D eigenvalue weighted by Crippen LogP contribution is -2.49. The number of ether oxygens (including phenoxy) is 3. The highest BCUT2D eigenvalue weighted by Crippen LogP contribution is 2.19. The van der Waals surface area contributed by atoms with Crippen molar-refractivity contribution in [1.82, 2.24) is 4.90 Å². The molecule has 1 aliphatic heterocycles. The maximum Gasteiger partial charge on any atom is 0.323 e. The predicted molar refractivity (Wildman–Crippen MR) is 68.3 cm³/mol. The van der Waals surface area contributed by atoms with Crippen molar-refractivity contribution in [2.24, 2.45) is 0 Å². The SMILES string of the molecule is CCOC(CN1CCCC[C@@H]1C(=O)OC)OCC. The van der Waals surface area contributed by atoms with Gasteiger partial charge >= 0.3 is 5.97 Å². The highest BCUT2D eigenvalue weighted by molar-refractivity contribution is 5.75. The molecular weight excluding hydrogens is 234 g/mol. The minimum Gasteiger partial charge on any atom is -0.468 e. The minimum atomic E-state index is -0.259. The lowest BCUT2D eigenvalue weighted by molar-refractivity contribution is -0.163. The van der Waals surface area contributed by atoms with Gasteiger partial charge in [-0.25, -0.2) is 0 Å². The van der Waals surface area contributed by atoms with E-state index in [-0.39, 0.29) is 18.3 Å². The number of carbonyl (C=O) groups is 1. The summed E-state index contributed by atoms with van der Waals surface area (Å²) in [7, 11) is 1.44. The molecule has 5 heteroatoms. The monoisotopic (exact) mass is 259 g/mol. The third-order valence-corrected chi connectivity index (χ3v) is 3.18. The highest BCUT2D eigenvalue weighted by Gasteiger charge is 2.31. The largest absolute Gasteiger partial charge is 0.468 e. The molecule has 0 N–H and O–H groups in total. The third kappa shape index (κ3) is 4.55. The van der Waals surface area contributed by atoms with E-state index >= 15 is 0 Å². The molecule has 1 heterocycles. The molecule has 1 fully saturated rings. The van der Waals surface area contributed by atoms with Crippen LogP contribution in [0.25, 0.3) is 0 Å². The van der Waals surface area contributed by atoms with Gasteiger partial charge in [-0.05, 0) is 33.2 Å². The van der Waals surface area contributed by atoms with Crippen molar-refractivity contribution < 1.29 is 19.0 Å². The second-order valence-corrected chi connectivity index (χ2v) is 4.37. The van der Waals surface area contributed by atoms with Gasteiger partial charge in [0.15, 0.2) is 6.29 Å². The van der Waals surface area contributed by atoms with Crippen molar-refractivity contribution in [3.8, 4) is 0 Å². The molecule has 18 heavy (non-hydrogen) atoms. The lowest BCUT2D eigenvalue weighted by atomic mass is 10.0. The Morgan fingerprint density at radius 1 is 1.28 bits per heavy atom. The predicted octanol–water partition coefficient (Wildman–Crippen LogP) is 1.41. The summed E-state index contributed by atoms with van der Waals surface area (Å²) in [5.74, 6) is -0.151. The van der Waals surface area contributed by atoms with E-state index in [1.807, 2.05) is 13.8 Å². The van der Waals surface area contributed by atoms with E-state index in [0.29, 0.717) is 19.8 Å². The number of piperidine rings is 1. The molecule has 0 aromatic heterocycles. The van der Waals surface area contributed by atoms with Gasteiger partial charge in [-0.1, -0.05) is 6.42 Å². The van der Waals surface area contributed by atoms with Crippen LogP contribution in [-0.2, 0) is 19.0 Å². The number of methoxy groups -OCH3 is 1. The molecule has 0 amide bonds. The van der Waals surface area contributed by atoms with E-state index in [9.17, 15) is 4.79 Å². The molecule has 0 bridgehead atoms. The van der Waals surface area contributed by atoms with Gasteiger partial charge in [0.25, 0.3) is 0 Å². The molecule has 5 nitrogen and oxygen atoms in total. The van der Waals surface area contributed by atoms with Gasteiger partial charge in [-0.15, -0.1) is 0 Å². The molecule has 1 atom stereocenters. The second kappa shape index (κ2) is 8.45. The molecule has 1 saturated heterocycles. The van der Waals surface area contributed by atoms with Crippen molar-refractivity contribution in [2.45, 2.75) is 45.4 Å². The number of esters is 1. The first-order chi connectivity index (χ1) is 8.72. The van der Waals surface area contributed by atoms with Gasteiger partial charge in [-0.3, -0.25) is 9.69 Å². The summed E-state index contributed by atoms with van der Waals surface area (Å²) in [6, 6.07) is -0.146. The maximum absolute atomic E-state index is 11.7. The van der Waals surface area contributed by atoms with Crippen LogP contribution in [0, 0.1) is 0 Å². The summed E-state index contributed by atoms with van der Waals surface area (Å²) < 4.78 is 15.9. The van der Waals surface area contributed by atoms with E-state index in [4.69, 9.17) is 14.2 Å². The van der Waals surface area contributed by atoms with Gasteiger partial charge in [0.1, 0.15) is 6.04 Å². The molecule has 0 saturated carbocycles. The van der Waals surface area contributed by atoms with Crippen molar-refractivity contribution in [3.05, 3.63) is 0 Å². The Morgan fingerprint density at radius 2 is 1.94 bits per heavy atom. The van der Waals surface area contributed by atoms with E-state index in [2.05, 4.69) is 4.90 Å². The number of hydrogen-bond donors (Lipinski definition) is 0. The zero-order valence-corrected chi connectivity index (χ0v) is 11.7. The molecule has 1 rings (SSSR count). The van der Waals surface area contributed by atoms with Crippen molar-refractivity contribution in [2.75, 3.05) is 33.4 Å². The van der Waals surface area contributed by atoms with Crippen LogP contribution in [0.4, 0.5) is 0 Å². The van der Waals surface area contributed by atoms with E-state index in [1.54, 1.807) is 0 Å². The maximum atomic E-state index is 11.7. The van der Waals surface area contributed by atoms with Crippen LogP contribution in [0.15, 0.2) is 0 Å². The van der Waals surface area contributed by atoms with Crippen LogP contribution < -0.4 is 0 Å². The van der Waals surface area contributed by atoms with Crippen LogP contribution in [0.5, 0.6) is 0 Å². The fourth-order valence-electron chi connectivity index (χ4n) is 2.33. The first kappa shape index (κ1) is 15.4. The molecule has 0 aliphatic carbocycles. The normalized spacial score (nSPS) is 21.2. The fraction of sp³-hybridized carbons (Fsp3) is 0.923. The number of rotatable bonds is 7. The standard InChI is InChI=1S/C13H25NO4/c1-4-17-12(18-5-2)10-14-9-7-6-8-11(14)13(15)16-3/h11-12H,4-10H2,1-3H3/t11-/m1/s1. The van der Waals surface area contributed by atoms with Gasteiger partial charge in [0.2, 0.25) is 0 Å². The Labute approximate surface area is 109 Å². The van der Waals surface area contributed by atoms with Crippen LogP contribution in [0.2, 0.25) is 0 Å². The molecular formula is C13H25NO4. The fourth-order valence-corrected chi connectivity index (χ4v) is 2.33. The van der Waals surface area contributed by atoms with Gasteiger partial charge in [0, 0.05) is 13.2 Å². The van der Waals surface area contributed by atoms with Gasteiger partial charge < -0.3 is 14.2 Å². The zero-order valence-electron chi connectivity index (χ0n) is 11.7. The highest BCUT2D eigenvalue weighted by atomic mass is 16.7. The van der Waals surface area contributed by atoms with Crippen molar-refractivity contribution >= 4 is 5.97 Å². The minimum absolute atomic E-state index is 0.146. The Kier molecular flexibility index (Phi) is 7.23. The number of carbonyl (C=O) groups excluding carboxylic acids is 1. The summed E-state index contributed by atoms with van der Waals surface area (Å²) in [6.45, 7) is 6.64. The molecule has 0 aromatic carbocycles. The summed E-state index contributed by atoms with van der Waals surface area (Å²) in [4.78, 5) is 13.8. The summed E-state index contributed by atoms with van der Waals surface area (Å²) in [5, 5.41) is 0. The third-order valence-electron chi connectivity index (χ3n) is 3.18. The molecule has 106 valence electrons. The average molecular weight is 259 g/mol. The Morgan fingerprint density at radius 3 is 2.50 bits per heavy atom. The smallest absolute Gasteiger partial charge is 0.323 e. The Hall–Kier alpha value is -0.650. The van der Waals surface area contributed by atoms with Gasteiger partial charge in [0.05, 0.1) is 13.7 Å². The van der Waals surface area contributed by atoms with E-state index < -0.39 is 0 Å².